The van der Waals surface area contributed by atoms with Gasteiger partial charge >= 0.3 is 0 Å². The normalized spacial score (nSPS) is 11.2. The summed E-state index contributed by atoms with van der Waals surface area (Å²) in [7, 11) is 0. The molecule has 0 amide bonds. The highest BCUT2D eigenvalue weighted by Crippen LogP contribution is 2.32. The number of rotatable bonds is 22. The van der Waals surface area contributed by atoms with Crippen molar-refractivity contribution in [2.45, 2.75) is 117 Å². The van der Waals surface area contributed by atoms with Gasteiger partial charge in [-0.2, -0.15) is 22.7 Å². The molecular formula is C34H50O2S2. The Bertz CT molecular complexity index is 883. The molecular weight excluding hydrogens is 505 g/mol. The Labute approximate surface area is 240 Å². The predicted octanol–water partition coefficient (Wildman–Crippen LogP) is 10.9. The summed E-state index contributed by atoms with van der Waals surface area (Å²) in [4.78, 5) is 0. The Balaban J connectivity index is 1.68. The van der Waals surface area contributed by atoms with Crippen LogP contribution in [0, 0.1) is 0 Å². The van der Waals surface area contributed by atoms with Crippen molar-refractivity contribution in [2.75, 3.05) is 13.2 Å². The maximum atomic E-state index is 6.48. The molecule has 2 aromatic heterocycles. The van der Waals surface area contributed by atoms with Crippen LogP contribution in [0.1, 0.15) is 113 Å². The fourth-order valence-electron chi connectivity index (χ4n) is 4.86. The summed E-state index contributed by atoms with van der Waals surface area (Å²) in [6, 6.07) is 9.10. The third-order valence-electron chi connectivity index (χ3n) is 7.28. The molecule has 2 heterocycles. The van der Waals surface area contributed by atoms with Crippen LogP contribution in [0.4, 0.5) is 0 Å². The second-order valence-corrected chi connectivity index (χ2v) is 12.1. The molecule has 0 radical (unpaired) electrons. The quantitative estimate of drug-likeness (QED) is 0.115. The van der Waals surface area contributed by atoms with E-state index in [1.54, 1.807) is 22.7 Å². The molecule has 0 fully saturated rings. The number of unbranched alkanes of at least 4 members (excludes halogenated alkanes) is 10. The van der Waals surface area contributed by atoms with Crippen LogP contribution >= 0.6 is 22.7 Å². The predicted molar refractivity (Wildman–Crippen MR) is 168 cm³/mol. The Morgan fingerprint density at radius 3 is 1.34 bits per heavy atom. The molecule has 0 spiro atoms. The first-order chi connectivity index (χ1) is 18.8. The van der Waals surface area contributed by atoms with Gasteiger partial charge in [-0.05, 0) is 107 Å². The van der Waals surface area contributed by atoms with Crippen molar-refractivity contribution in [3.05, 3.63) is 68.0 Å². The average Bonchev–Trinajstić information content (AvgIpc) is 3.65. The molecule has 4 heteroatoms. The summed E-state index contributed by atoms with van der Waals surface area (Å²) in [6.07, 6.45) is 19.5. The molecule has 0 atom stereocenters. The summed E-state index contributed by atoms with van der Waals surface area (Å²) < 4.78 is 13.0. The summed E-state index contributed by atoms with van der Waals surface area (Å²) in [6.45, 7) is 6.16. The van der Waals surface area contributed by atoms with Crippen LogP contribution in [-0.4, -0.2) is 13.2 Å². The second-order valence-electron chi connectivity index (χ2n) is 10.6. The molecule has 210 valence electrons. The summed E-state index contributed by atoms with van der Waals surface area (Å²) in [5, 5.41) is 8.88. The molecule has 0 aliphatic rings. The topological polar surface area (TPSA) is 18.5 Å². The van der Waals surface area contributed by atoms with E-state index < -0.39 is 0 Å². The highest BCUT2D eigenvalue weighted by Gasteiger charge is 2.14. The molecule has 0 unspecified atom stereocenters. The number of aryl methyl sites for hydroxylation is 4. The average molecular weight is 555 g/mol. The fraction of sp³-hybridized carbons (Fsp3) is 0.588. The van der Waals surface area contributed by atoms with Gasteiger partial charge < -0.3 is 9.47 Å². The minimum atomic E-state index is 0.805. The fourth-order valence-corrected chi connectivity index (χ4v) is 6.27. The molecule has 1 aromatic carbocycles. The van der Waals surface area contributed by atoms with Gasteiger partial charge in [0.1, 0.15) is 11.5 Å². The minimum absolute atomic E-state index is 0.805. The van der Waals surface area contributed by atoms with E-state index in [0.717, 1.165) is 63.2 Å². The number of thiophene rings is 2. The van der Waals surface area contributed by atoms with Crippen LogP contribution < -0.4 is 9.47 Å². The summed E-state index contributed by atoms with van der Waals surface area (Å²) in [5.41, 5.74) is 5.40. The van der Waals surface area contributed by atoms with E-state index in [-0.39, 0.29) is 0 Å². The lowest BCUT2D eigenvalue weighted by atomic mass is 9.99. The van der Waals surface area contributed by atoms with Crippen LogP contribution in [-0.2, 0) is 25.7 Å². The van der Waals surface area contributed by atoms with Crippen LogP contribution in [0.5, 0.6) is 11.5 Å². The first kappa shape index (κ1) is 30.8. The highest BCUT2D eigenvalue weighted by atomic mass is 32.1. The van der Waals surface area contributed by atoms with E-state index in [1.807, 2.05) is 0 Å². The zero-order valence-corrected chi connectivity index (χ0v) is 25.6. The summed E-state index contributed by atoms with van der Waals surface area (Å²) in [5.74, 6) is 2.14. The van der Waals surface area contributed by atoms with Crippen molar-refractivity contribution in [3.63, 3.8) is 0 Å². The van der Waals surface area contributed by atoms with Crippen molar-refractivity contribution < 1.29 is 9.47 Å². The zero-order valence-electron chi connectivity index (χ0n) is 24.0. The van der Waals surface area contributed by atoms with Crippen molar-refractivity contribution in [2.24, 2.45) is 0 Å². The molecule has 2 nitrogen and oxygen atoms in total. The van der Waals surface area contributed by atoms with Gasteiger partial charge in [0.15, 0.2) is 0 Å². The van der Waals surface area contributed by atoms with Crippen molar-refractivity contribution in [3.8, 4) is 11.5 Å². The van der Waals surface area contributed by atoms with Gasteiger partial charge in [0, 0.05) is 0 Å². The van der Waals surface area contributed by atoms with Gasteiger partial charge in [0.05, 0.1) is 13.2 Å². The first-order valence-electron chi connectivity index (χ1n) is 15.2. The molecule has 38 heavy (non-hydrogen) atoms. The third-order valence-corrected chi connectivity index (χ3v) is 8.74. The van der Waals surface area contributed by atoms with Crippen molar-refractivity contribution in [1.29, 1.82) is 0 Å². The first-order valence-corrected chi connectivity index (χ1v) is 17.1. The molecule has 0 saturated heterocycles. The van der Waals surface area contributed by atoms with E-state index >= 15 is 0 Å². The standard InChI is InChI=1S/C34H50O2S2/c1-3-5-7-9-11-13-21-35-33-25-32(18-16-30-20-24-38-28-30)34(36-22-14-12-10-8-6-4-2)26-31(33)17-15-29-19-23-37-27-29/h19-20,23-28H,3-18,21-22H2,1-2H3. The van der Waals surface area contributed by atoms with E-state index in [2.05, 4.69) is 59.6 Å². The van der Waals surface area contributed by atoms with Crippen LogP contribution in [0.3, 0.4) is 0 Å². The zero-order chi connectivity index (χ0) is 26.7. The van der Waals surface area contributed by atoms with Gasteiger partial charge in [0.25, 0.3) is 0 Å². The van der Waals surface area contributed by atoms with E-state index in [0.29, 0.717) is 0 Å². The Kier molecular flexibility index (Phi) is 15.6. The third kappa shape index (κ3) is 11.9. The van der Waals surface area contributed by atoms with Crippen LogP contribution in [0.15, 0.2) is 45.8 Å². The second kappa shape index (κ2) is 19.3. The molecule has 3 rings (SSSR count). The van der Waals surface area contributed by atoms with Crippen molar-refractivity contribution in [1.82, 2.24) is 0 Å². The lowest BCUT2D eigenvalue weighted by Gasteiger charge is -2.18. The molecule has 0 aliphatic carbocycles. The van der Waals surface area contributed by atoms with Gasteiger partial charge in [-0.1, -0.05) is 78.1 Å². The number of ether oxygens (including phenoxy) is 2. The summed E-state index contributed by atoms with van der Waals surface area (Å²) >= 11 is 3.56. The molecule has 0 bridgehead atoms. The van der Waals surface area contributed by atoms with Crippen molar-refractivity contribution >= 4 is 22.7 Å². The molecule has 3 aromatic rings. The lowest BCUT2D eigenvalue weighted by molar-refractivity contribution is 0.291. The number of hydrogen-bond donors (Lipinski definition) is 0. The largest absolute Gasteiger partial charge is 0.493 e. The Morgan fingerprint density at radius 1 is 0.526 bits per heavy atom. The maximum Gasteiger partial charge on any atom is 0.123 e. The maximum absolute atomic E-state index is 6.48. The minimum Gasteiger partial charge on any atom is -0.493 e. The van der Waals surface area contributed by atoms with Crippen LogP contribution in [0.2, 0.25) is 0 Å². The number of hydrogen-bond acceptors (Lipinski definition) is 4. The van der Waals surface area contributed by atoms with E-state index in [1.165, 1.54) is 86.5 Å². The monoisotopic (exact) mass is 554 g/mol. The molecule has 0 saturated carbocycles. The smallest absolute Gasteiger partial charge is 0.123 e. The Morgan fingerprint density at radius 2 is 0.947 bits per heavy atom. The van der Waals surface area contributed by atoms with E-state index in [4.69, 9.17) is 9.47 Å². The molecule has 0 N–H and O–H groups in total. The van der Waals surface area contributed by atoms with Gasteiger partial charge in [-0.25, -0.2) is 0 Å². The van der Waals surface area contributed by atoms with Gasteiger partial charge in [0.2, 0.25) is 0 Å². The lowest BCUT2D eigenvalue weighted by Crippen LogP contribution is -2.07. The van der Waals surface area contributed by atoms with E-state index in [9.17, 15) is 0 Å². The SMILES string of the molecule is CCCCCCCCOc1cc(CCc2ccsc2)c(OCCCCCCCC)cc1CCc1ccsc1. The highest BCUT2D eigenvalue weighted by molar-refractivity contribution is 7.08. The van der Waals surface area contributed by atoms with Gasteiger partial charge in [-0.15, -0.1) is 0 Å². The Hall–Kier alpha value is -1.78. The molecule has 0 aliphatic heterocycles. The number of benzene rings is 1. The van der Waals surface area contributed by atoms with Gasteiger partial charge in [-0.3, -0.25) is 0 Å². The van der Waals surface area contributed by atoms with Crippen LogP contribution in [0.25, 0.3) is 0 Å².